The number of aliphatic hydroxyl groups excluding tert-OH is 1. The van der Waals surface area contributed by atoms with E-state index >= 15 is 0 Å². The Morgan fingerprint density at radius 1 is 1.08 bits per heavy atom. The maximum atomic E-state index is 13.4. The number of rotatable bonds is 3. The summed E-state index contributed by atoms with van der Waals surface area (Å²) >= 11 is 0. The number of nitrogens with two attached hydrogens (primary N) is 1. The first-order valence-electron chi connectivity index (χ1n) is 13.7. The largest absolute Gasteiger partial charge is 0.446 e. The van der Waals surface area contributed by atoms with Crippen LogP contribution < -0.4 is 11.1 Å². The van der Waals surface area contributed by atoms with Gasteiger partial charge < -0.3 is 20.3 Å². The standard InChI is InChI=1S/C28H44N2O6/c1-6-26(4)15-21(36-25(34)30-24(33)35-19-9-7-18(29)8-10-19)27(5)16(2)11-13-28(17(3)23(26)32)14-12-20(31)22(27)28/h6,16-19,21-23,32H,1,7-15,29H2,2-5H3,(H,30,33,34)/t16-,17+,18?,19?,21+,22+,23+,26-,27+,28+/m1/s1. The highest BCUT2D eigenvalue weighted by atomic mass is 16.6. The molecule has 2 bridgehead atoms. The molecule has 4 aliphatic carbocycles. The van der Waals surface area contributed by atoms with Crippen LogP contribution in [-0.2, 0) is 14.3 Å². The molecule has 8 atom stereocenters. The van der Waals surface area contributed by atoms with Crippen molar-refractivity contribution in [2.45, 2.75) is 110 Å². The van der Waals surface area contributed by atoms with Crippen molar-refractivity contribution in [3.05, 3.63) is 12.7 Å². The van der Waals surface area contributed by atoms with E-state index in [-0.39, 0.29) is 41.1 Å². The molecule has 36 heavy (non-hydrogen) atoms. The lowest BCUT2D eigenvalue weighted by molar-refractivity contribution is -0.191. The average molecular weight is 505 g/mol. The van der Waals surface area contributed by atoms with Crippen LogP contribution in [0.15, 0.2) is 12.7 Å². The normalized spacial score (nSPS) is 46.6. The number of hydrogen-bond donors (Lipinski definition) is 3. The first kappa shape index (κ1) is 27.1. The molecule has 0 aromatic rings. The van der Waals surface area contributed by atoms with Gasteiger partial charge in [0.05, 0.1) is 6.10 Å². The van der Waals surface area contributed by atoms with Crippen molar-refractivity contribution in [1.29, 1.82) is 0 Å². The van der Waals surface area contributed by atoms with Crippen LogP contribution in [0.25, 0.3) is 0 Å². The number of ether oxygens (including phenoxy) is 2. The van der Waals surface area contributed by atoms with Crippen LogP contribution in [-0.4, -0.2) is 47.4 Å². The van der Waals surface area contributed by atoms with Crippen molar-refractivity contribution >= 4 is 18.0 Å². The number of hydrogen-bond acceptors (Lipinski definition) is 7. The Morgan fingerprint density at radius 2 is 1.72 bits per heavy atom. The Kier molecular flexibility index (Phi) is 7.34. The van der Waals surface area contributed by atoms with E-state index in [0.717, 1.165) is 32.1 Å². The fourth-order valence-electron chi connectivity index (χ4n) is 8.13. The minimum atomic E-state index is -0.887. The van der Waals surface area contributed by atoms with Crippen LogP contribution in [0.4, 0.5) is 9.59 Å². The molecular formula is C28H44N2O6. The third-order valence-corrected chi connectivity index (χ3v) is 10.7. The molecule has 4 fully saturated rings. The van der Waals surface area contributed by atoms with Gasteiger partial charge in [-0.05, 0) is 68.6 Å². The first-order chi connectivity index (χ1) is 16.9. The zero-order chi connectivity index (χ0) is 26.5. The molecule has 4 aliphatic rings. The molecule has 0 aliphatic heterocycles. The Bertz CT molecular complexity index is 900. The third kappa shape index (κ3) is 4.38. The van der Waals surface area contributed by atoms with Crippen LogP contribution in [0, 0.1) is 34.0 Å². The van der Waals surface area contributed by atoms with E-state index in [0.29, 0.717) is 25.7 Å². The molecule has 8 heteroatoms. The summed E-state index contributed by atoms with van der Waals surface area (Å²) in [5.41, 5.74) is 4.21. The summed E-state index contributed by atoms with van der Waals surface area (Å²) in [6.45, 7) is 12.2. The van der Waals surface area contributed by atoms with Crippen molar-refractivity contribution in [3.8, 4) is 0 Å². The van der Waals surface area contributed by atoms with E-state index in [9.17, 15) is 19.5 Å². The summed E-state index contributed by atoms with van der Waals surface area (Å²) < 4.78 is 11.4. The molecule has 202 valence electrons. The SMILES string of the molecule is C=C[C@]1(C)C[C@H](OC(=O)NC(=O)OC2CCC(N)CC2)[C@]2(C)[C@H](C)CC[C@]3(CCC(=O)[C@H]32)[C@@H](C)[C@@H]1O. The lowest BCUT2D eigenvalue weighted by atomic mass is 9.44. The number of aliphatic hydroxyl groups is 1. The minimum absolute atomic E-state index is 0.0999. The molecule has 0 radical (unpaired) electrons. The maximum absolute atomic E-state index is 13.4. The van der Waals surface area contributed by atoms with Gasteiger partial charge >= 0.3 is 12.2 Å². The van der Waals surface area contributed by atoms with Crippen molar-refractivity contribution in [3.63, 3.8) is 0 Å². The molecule has 2 amide bonds. The molecule has 0 aromatic heterocycles. The highest BCUT2D eigenvalue weighted by Crippen LogP contribution is 2.67. The van der Waals surface area contributed by atoms with Gasteiger partial charge in [-0.15, -0.1) is 6.58 Å². The van der Waals surface area contributed by atoms with Gasteiger partial charge in [0.15, 0.2) is 0 Å². The van der Waals surface area contributed by atoms with Crippen LogP contribution in [0.5, 0.6) is 0 Å². The number of carbonyl (C=O) groups is 3. The van der Waals surface area contributed by atoms with Crippen LogP contribution in [0.3, 0.4) is 0 Å². The maximum Gasteiger partial charge on any atom is 0.416 e. The van der Waals surface area contributed by atoms with Gasteiger partial charge in [-0.1, -0.05) is 33.8 Å². The summed E-state index contributed by atoms with van der Waals surface area (Å²) in [5.74, 6) is -0.110. The molecule has 0 unspecified atom stereocenters. The number of nitrogens with one attached hydrogen (secondary N) is 1. The number of amides is 2. The summed E-state index contributed by atoms with van der Waals surface area (Å²) in [6.07, 6.45) is 4.49. The highest BCUT2D eigenvalue weighted by molar-refractivity contribution is 5.88. The monoisotopic (exact) mass is 504 g/mol. The second-order valence-corrected chi connectivity index (χ2v) is 12.5. The fourth-order valence-corrected chi connectivity index (χ4v) is 8.13. The predicted octanol–water partition coefficient (Wildman–Crippen LogP) is 4.48. The van der Waals surface area contributed by atoms with Gasteiger partial charge in [-0.3, -0.25) is 4.79 Å². The predicted molar refractivity (Wildman–Crippen MR) is 135 cm³/mol. The van der Waals surface area contributed by atoms with E-state index in [2.05, 4.69) is 32.7 Å². The third-order valence-electron chi connectivity index (χ3n) is 10.7. The lowest BCUT2D eigenvalue weighted by Crippen LogP contribution is -2.63. The Hall–Kier alpha value is -1.93. The second kappa shape index (κ2) is 9.75. The Morgan fingerprint density at radius 3 is 2.36 bits per heavy atom. The van der Waals surface area contributed by atoms with Gasteiger partial charge in [0.1, 0.15) is 18.0 Å². The minimum Gasteiger partial charge on any atom is -0.446 e. The lowest BCUT2D eigenvalue weighted by Gasteiger charge is -2.61. The van der Waals surface area contributed by atoms with Crippen molar-refractivity contribution in [2.75, 3.05) is 0 Å². The molecule has 4 rings (SSSR count). The second-order valence-electron chi connectivity index (χ2n) is 12.5. The van der Waals surface area contributed by atoms with E-state index < -0.39 is 35.2 Å². The topological polar surface area (TPSA) is 128 Å². The van der Waals surface area contributed by atoms with E-state index in [1.807, 2.05) is 6.92 Å². The number of carbonyl (C=O) groups excluding carboxylic acids is 3. The Labute approximate surface area is 214 Å². The van der Waals surface area contributed by atoms with E-state index in [4.69, 9.17) is 15.2 Å². The molecular weight excluding hydrogens is 460 g/mol. The van der Waals surface area contributed by atoms with Gasteiger partial charge in [-0.2, -0.15) is 0 Å². The molecule has 8 nitrogen and oxygen atoms in total. The molecule has 0 heterocycles. The van der Waals surface area contributed by atoms with Crippen molar-refractivity contribution in [2.24, 2.45) is 39.7 Å². The average Bonchev–Trinajstić information content (AvgIpc) is 3.19. The van der Waals surface area contributed by atoms with Crippen LogP contribution >= 0.6 is 0 Å². The summed E-state index contributed by atoms with van der Waals surface area (Å²) in [5, 5.41) is 13.8. The van der Waals surface area contributed by atoms with Gasteiger partial charge in [-0.25, -0.2) is 14.9 Å². The summed E-state index contributed by atoms with van der Waals surface area (Å²) in [7, 11) is 0. The molecule has 0 saturated heterocycles. The number of imide groups is 1. The van der Waals surface area contributed by atoms with Gasteiger partial charge in [0.25, 0.3) is 0 Å². The van der Waals surface area contributed by atoms with Crippen LogP contribution in [0.2, 0.25) is 0 Å². The summed E-state index contributed by atoms with van der Waals surface area (Å²) in [4.78, 5) is 38.9. The fraction of sp³-hybridized carbons (Fsp3) is 0.821. The molecule has 4 N–H and O–H groups in total. The number of alkyl carbamates (subject to hydrolysis) is 2. The molecule has 0 spiro atoms. The van der Waals surface area contributed by atoms with Crippen LogP contribution in [0.1, 0.15) is 85.5 Å². The molecule has 0 aromatic carbocycles. The first-order valence-corrected chi connectivity index (χ1v) is 13.7. The van der Waals surface area contributed by atoms with Gasteiger partial charge in [0, 0.05) is 29.2 Å². The van der Waals surface area contributed by atoms with E-state index in [1.165, 1.54) is 0 Å². The quantitative estimate of drug-likeness (QED) is 0.483. The molecule has 4 saturated carbocycles. The zero-order valence-electron chi connectivity index (χ0n) is 22.3. The highest BCUT2D eigenvalue weighted by Gasteiger charge is 2.68. The summed E-state index contributed by atoms with van der Waals surface area (Å²) in [6, 6.07) is 0.123. The van der Waals surface area contributed by atoms with Crippen molar-refractivity contribution < 1.29 is 29.0 Å². The smallest absolute Gasteiger partial charge is 0.416 e. The number of ketones is 1. The van der Waals surface area contributed by atoms with Gasteiger partial charge in [0.2, 0.25) is 0 Å². The Balaban J connectivity index is 1.59. The van der Waals surface area contributed by atoms with Crippen molar-refractivity contribution in [1.82, 2.24) is 5.32 Å². The number of Topliss-reactive ketones (excluding diaryl/α,β-unsaturated/α-hetero) is 1. The zero-order valence-corrected chi connectivity index (χ0v) is 22.3. The van der Waals surface area contributed by atoms with E-state index in [1.54, 1.807) is 6.08 Å².